The lowest BCUT2D eigenvalue weighted by Gasteiger charge is -2.36. The number of hydrogen-bond donors (Lipinski definition) is 2. The molecule has 5 aromatic carbocycles. The Balaban J connectivity index is 1.32. The Hall–Kier alpha value is -5.99. The van der Waals surface area contributed by atoms with Crippen molar-refractivity contribution in [3.05, 3.63) is 179 Å². The van der Waals surface area contributed by atoms with E-state index in [4.69, 9.17) is 5.21 Å². The first-order valence-corrected chi connectivity index (χ1v) is 15.5. The van der Waals surface area contributed by atoms with Gasteiger partial charge in [0.1, 0.15) is 17.2 Å². The number of benzene rings is 5. The first-order valence-electron chi connectivity index (χ1n) is 15.5. The molecule has 0 fully saturated rings. The number of aliphatic hydroxyl groups is 1. The largest absolute Gasteiger partial charge is 0.391 e. The number of anilines is 1. The van der Waals surface area contributed by atoms with Crippen molar-refractivity contribution in [2.45, 2.75) is 25.6 Å². The molecule has 0 aliphatic rings. The Morgan fingerprint density at radius 2 is 1.23 bits per heavy atom. The molecule has 2 aromatic heterocycles. The average Bonchev–Trinajstić information content (AvgIpc) is 3.63. The van der Waals surface area contributed by atoms with Crippen molar-refractivity contribution in [1.29, 1.82) is 0 Å². The van der Waals surface area contributed by atoms with Crippen molar-refractivity contribution in [2.75, 3.05) is 5.32 Å². The van der Waals surface area contributed by atoms with Crippen LogP contribution in [0.5, 0.6) is 0 Å². The van der Waals surface area contributed by atoms with Crippen LogP contribution >= 0.6 is 0 Å². The van der Waals surface area contributed by atoms with Crippen molar-refractivity contribution >= 4 is 5.82 Å². The summed E-state index contributed by atoms with van der Waals surface area (Å²) in [7, 11) is 0. The SMILES string of the molecule is Cc1ncc(CO)c(NCc2ccc(-c3ccccc3-c3nnnn3C(c3ccccc3)(c3ccccc3)c3ccccc3)cc2)n1. The monoisotopic (exact) mass is 615 g/mol. The van der Waals surface area contributed by atoms with Crippen LogP contribution in [0.1, 0.15) is 33.6 Å². The van der Waals surface area contributed by atoms with Crippen LogP contribution in [-0.4, -0.2) is 35.3 Å². The minimum Gasteiger partial charge on any atom is -0.391 e. The lowest BCUT2D eigenvalue weighted by molar-refractivity contribution is 0.281. The van der Waals surface area contributed by atoms with E-state index in [2.05, 4.69) is 135 Å². The fourth-order valence-corrected chi connectivity index (χ4v) is 6.17. The van der Waals surface area contributed by atoms with Gasteiger partial charge in [-0.05, 0) is 50.7 Å². The predicted molar refractivity (Wildman–Crippen MR) is 183 cm³/mol. The van der Waals surface area contributed by atoms with Crippen LogP contribution in [0.3, 0.4) is 0 Å². The van der Waals surface area contributed by atoms with Gasteiger partial charge in [-0.1, -0.05) is 140 Å². The summed E-state index contributed by atoms with van der Waals surface area (Å²) < 4.78 is 1.96. The van der Waals surface area contributed by atoms with Gasteiger partial charge in [0.25, 0.3) is 0 Å². The molecule has 230 valence electrons. The normalized spacial score (nSPS) is 11.4. The van der Waals surface area contributed by atoms with Gasteiger partial charge in [-0.25, -0.2) is 14.6 Å². The van der Waals surface area contributed by atoms with Gasteiger partial charge in [0.2, 0.25) is 0 Å². The maximum absolute atomic E-state index is 9.70. The molecular formula is C39H33N7O. The van der Waals surface area contributed by atoms with Crippen LogP contribution in [0.2, 0.25) is 0 Å². The third-order valence-electron chi connectivity index (χ3n) is 8.41. The van der Waals surface area contributed by atoms with Crippen LogP contribution in [-0.2, 0) is 18.7 Å². The highest BCUT2D eigenvalue weighted by molar-refractivity contribution is 5.81. The van der Waals surface area contributed by atoms with Crippen LogP contribution in [0, 0.1) is 6.92 Å². The van der Waals surface area contributed by atoms with E-state index in [1.54, 1.807) is 6.20 Å². The second-order valence-electron chi connectivity index (χ2n) is 11.3. The van der Waals surface area contributed by atoms with Crippen molar-refractivity contribution < 1.29 is 5.11 Å². The van der Waals surface area contributed by atoms with Gasteiger partial charge < -0.3 is 10.4 Å². The van der Waals surface area contributed by atoms with Crippen molar-refractivity contribution in [3.8, 4) is 22.5 Å². The fourth-order valence-electron chi connectivity index (χ4n) is 6.17. The fraction of sp³-hybridized carbons (Fsp3) is 0.103. The van der Waals surface area contributed by atoms with Crippen molar-refractivity contribution in [2.24, 2.45) is 0 Å². The zero-order chi connectivity index (χ0) is 32.1. The first-order chi connectivity index (χ1) is 23.2. The number of nitrogens with zero attached hydrogens (tertiary/aromatic N) is 6. The van der Waals surface area contributed by atoms with Crippen molar-refractivity contribution in [3.63, 3.8) is 0 Å². The zero-order valence-electron chi connectivity index (χ0n) is 25.9. The Bertz CT molecular complexity index is 1980. The summed E-state index contributed by atoms with van der Waals surface area (Å²) in [6, 6.07) is 47.9. The number of hydrogen-bond acceptors (Lipinski definition) is 7. The van der Waals surface area contributed by atoms with E-state index >= 15 is 0 Å². The molecule has 8 heteroatoms. The third-order valence-corrected chi connectivity index (χ3v) is 8.41. The molecule has 7 aromatic rings. The van der Waals surface area contributed by atoms with E-state index in [-0.39, 0.29) is 6.61 Å². The van der Waals surface area contributed by atoms with E-state index in [9.17, 15) is 5.11 Å². The standard InChI is InChI=1S/C39H33N7O/c1-28-40-26-31(27-47)37(42-28)41-25-29-21-23-30(24-22-29)35-19-11-12-20-36(35)38-43-44-45-46(38)39(32-13-5-2-6-14-32,33-15-7-3-8-16-33)34-17-9-4-10-18-34/h2-24,26,47H,25,27H2,1H3,(H,40,41,42). The number of aryl methyl sites for hydroxylation is 1. The highest BCUT2D eigenvalue weighted by atomic mass is 16.3. The number of aromatic nitrogens is 6. The highest BCUT2D eigenvalue weighted by Crippen LogP contribution is 2.43. The molecule has 0 amide bonds. The molecule has 0 aliphatic heterocycles. The molecule has 7 rings (SSSR count). The van der Waals surface area contributed by atoms with E-state index in [0.29, 0.717) is 29.6 Å². The summed E-state index contributed by atoms with van der Waals surface area (Å²) in [5.74, 6) is 1.94. The van der Waals surface area contributed by atoms with Gasteiger partial charge in [-0.15, -0.1) is 5.10 Å². The Morgan fingerprint density at radius 3 is 1.81 bits per heavy atom. The van der Waals surface area contributed by atoms with Crippen molar-refractivity contribution in [1.82, 2.24) is 30.2 Å². The van der Waals surface area contributed by atoms with Gasteiger partial charge >= 0.3 is 0 Å². The van der Waals surface area contributed by atoms with Gasteiger partial charge in [-0.2, -0.15) is 0 Å². The smallest absolute Gasteiger partial charge is 0.184 e. The molecule has 0 aliphatic carbocycles. The molecule has 47 heavy (non-hydrogen) atoms. The molecule has 0 radical (unpaired) electrons. The summed E-state index contributed by atoms with van der Waals surface area (Å²) in [5.41, 5.74) is 7.00. The molecule has 2 N–H and O–H groups in total. The Kier molecular flexibility index (Phi) is 8.32. The van der Waals surface area contributed by atoms with Gasteiger partial charge in [-0.3, -0.25) is 0 Å². The highest BCUT2D eigenvalue weighted by Gasteiger charge is 2.42. The summed E-state index contributed by atoms with van der Waals surface area (Å²) >= 11 is 0. The van der Waals surface area contributed by atoms with E-state index < -0.39 is 5.54 Å². The van der Waals surface area contributed by atoms with E-state index in [1.165, 1.54) is 0 Å². The lowest BCUT2D eigenvalue weighted by Crippen LogP contribution is -2.39. The molecule has 0 unspecified atom stereocenters. The summed E-state index contributed by atoms with van der Waals surface area (Å²) in [4.78, 5) is 8.64. The lowest BCUT2D eigenvalue weighted by atomic mass is 9.77. The summed E-state index contributed by atoms with van der Waals surface area (Å²) in [6.07, 6.45) is 1.65. The first kappa shape index (κ1) is 29.7. The maximum Gasteiger partial charge on any atom is 0.184 e. The predicted octanol–water partition coefficient (Wildman–Crippen LogP) is 7.05. The molecule has 0 saturated carbocycles. The number of tetrazole rings is 1. The molecule has 2 heterocycles. The third kappa shape index (κ3) is 5.67. The summed E-state index contributed by atoms with van der Waals surface area (Å²) in [5, 5.41) is 26.7. The Morgan fingerprint density at radius 1 is 0.681 bits per heavy atom. The Labute approximate surface area is 273 Å². The molecule has 8 nitrogen and oxygen atoms in total. The van der Waals surface area contributed by atoms with E-state index in [1.807, 2.05) is 41.9 Å². The number of aliphatic hydroxyl groups excluding tert-OH is 1. The zero-order valence-corrected chi connectivity index (χ0v) is 25.9. The second kappa shape index (κ2) is 13.2. The minimum absolute atomic E-state index is 0.127. The van der Waals surface area contributed by atoms with Crippen LogP contribution in [0.15, 0.2) is 146 Å². The number of rotatable bonds is 10. The molecule has 0 spiro atoms. The topological polar surface area (TPSA) is 102 Å². The van der Waals surface area contributed by atoms with Crippen LogP contribution in [0.4, 0.5) is 5.82 Å². The molecule has 0 bridgehead atoms. The van der Waals surface area contributed by atoms with Gasteiger partial charge in [0, 0.05) is 23.9 Å². The quantitative estimate of drug-likeness (QED) is 0.159. The molecule has 0 atom stereocenters. The van der Waals surface area contributed by atoms with Gasteiger partial charge in [0.05, 0.1) is 6.61 Å². The second-order valence-corrected chi connectivity index (χ2v) is 11.3. The van der Waals surface area contributed by atoms with Gasteiger partial charge in [0.15, 0.2) is 5.82 Å². The summed E-state index contributed by atoms with van der Waals surface area (Å²) in [6.45, 7) is 2.26. The maximum atomic E-state index is 9.70. The number of nitrogens with one attached hydrogen (secondary N) is 1. The van der Waals surface area contributed by atoms with Crippen LogP contribution in [0.25, 0.3) is 22.5 Å². The molecular weight excluding hydrogens is 582 g/mol. The minimum atomic E-state index is -0.849. The van der Waals surface area contributed by atoms with Crippen LogP contribution < -0.4 is 5.32 Å². The average molecular weight is 616 g/mol. The molecule has 0 saturated heterocycles. The van der Waals surface area contributed by atoms with E-state index in [0.717, 1.165) is 38.9 Å².